The van der Waals surface area contributed by atoms with Crippen LogP contribution in [0.25, 0.3) is 10.9 Å². The number of anilines is 1. The molecule has 1 aromatic carbocycles. The van der Waals surface area contributed by atoms with E-state index in [9.17, 15) is 9.59 Å². The normalized spacial score (nSPS) is 19.0. The first-order chi connectivity index (χ1) is 14.6. The molecule has 3 N–H and O–H groups in total. The Morgan fingerprint density at radius 2 is 1.97 bits per heavy atom. The van der Waals surface area contributed by atoms with E-state index in [1.807, 2.05) is 43.5 Å². The van der Waals surface area contributed by atoms with Crippen LogP contribution >= 0.6 is 0 Å². The van der Waals surface area contributed by atoms with Crippen LogP contribution in [-0.4, -0.2) is 21.7 Å². The number of aromatic amines is 1. The van der Waals surface area contributed by atoms with Crippen molar-refractivity contribution < 1.29 is 9.59 Å². The summed E-state index contributed by atoms with van der Waals surface area (Å²) in [6.07, 6.45) is 5.71. The van der Waals surface area contributed by atoms with Crippen LogP contribution in [-0.2, 0) is 9.59 Å². The quantitative estimate of drug-likeness (QED) is 0.618. The molecule has 1 aliphatic heterocycles. The third-order valence-electron chi connectivity index (χ3n) is 5.86. The van der Waals surface area contributed by atoms with Gasteiger partial charge in [0.05, 0.1) is 0 Å². The molecule has 6 heteroatoms. The number of dihydropyridines is 1. The van der Waals surface area contributed by atoms with Gasteiger partial charge in [-0.1, -0.05) is 24.3 Å². The SMILES string of the molecule is CC1=C(C(=O)Nc2ccccn2)C(c2c[nH]c3ccccc23)C2=C(CCCC2=O)N1. The summed E-state index contributed by atoms with van der Waals surface area (Å²) >= 11 is 0. The predicted molar refractivity (Wildman–Crippen MR) is 116 cm³/mol. The molecule has 2 aliphatic rings. The van der Waals surface area contributed by atoms with E-state index in [4.69, 9.17) is 0 Å². The van der Waals surface area contributed by atoms with Crippen LogP contribution in [0.4, 0.5) is 5.82 Å². The summed E-state index contributed by atoms with van der Waals surface area (Å²) in [5, 5.41) is 7.27. The molecular formula is C24H22N4O2. The number of amides is 1. The molecule has 1 unspecified atom stereocenters. The van der Waals surface area contributed by atoms with Crippen molar-refractivity contribution in [1.82, 2.24) is 15.3 Å². The number of benzene rings is 1. The van der Waals surface area contributed by atoms with Crippen molar-refractivity contribution in [1.29, 1.82) is 0 Å². The van der Waals surface area contributed by atoms with Gasteiger partial charge in [0.15, 0.2) is 5.78 Å². The Hall–Kier alpha value is -3.67. The Morgan fingerprint density at radius 1 is 1.13 bits per heavy atom. The molecule has 3 heterocycles. The number of hydrogen-bond donors (Lipinski definition) is 3. The van der Waals surface area contributed by atoms with Gasteiger partial charge in [0, 0.05) is 58.2 Å². The molecule has 3 aromatic rings. The number of carbonyl (C=O) groups is 2. The summed E-state index contributed by atoms with van der Waals surface area (Å²) in [5.41, 5.74) is 4.90. The van der Waals surface area contributed by atoms with E-state index < -0.39 is 5.92 Å². The lowest BCUT2D eigenvalue weighted by Gasteiger charge is -2.34. The molecule has 30 heavy (non-hydrogen) atoms. The van der Waals surface area contributed by atoms with Crippen molar-refractivity contribution in [3.63, 3.8) is 0 Å². The summed E-state index contributed by atoms with van der Waals surface area (Å²) in [5.74, 6) is -0.0855. The molecule has 0 bridgehead atoms. The molecule has 0 radical (unpaired) electrons. The minimum atomic E-state index is -0.422. The largest absolute Gasteiger partial charge is 0.362 e. The van der Waals surface area contributed by atoms with E-state index in [1.165, 1.54) is 0 Å². The third-order valence-corrected chi connectivity index (χ3v) is 5.86. The van der Waals surface area contributed by atoms with Gasteiger partial charge < -0.3 is 15.6 Å². The Kier molecular flexibility index (Phi) is 4.47. The zero-order chi connectivity index (χ0) is 20.7. The molecule has 1 amide bonds. The molecule has 150 valence electrons. The third kappa shape index (κ3) is 3.01. The fraction of sp³-hybridized carbons (Fsp3) is 0.208. The summed E-state index contributed by atoms with van der Waals surface area (Å²) in [7, 11) is 0. The molecule has 1 atom stereocenters. The van der Waals surface area contributed by atoms with Crippen LogP contribution < -0.4 is 10.6 Å². The maximum absolute atomic E-state index is 13.4. The van der Waals surface area contributed by atoms with Gasteiger partial charge in [0.1, 0.15) is 5.82 Å². The highest BCUT2D eigenvalue weighted by atomic mass is 16.2. The number of nitrogens with one attached hydrogen (secondary N) is 3. The summed E-state index contributed by atoms with van der Waals surface area (Å²) in [6.45, 7) is 1.90. The minimum absolute atomic E-state index is 0.106. The van der Waals surface area contributed by atoms with Gasteiger partial charge in [-0.25, -0.2) is 4.98 Å². The standard InChI is InChI=1S/C24H22N4O2/c1-14-21(24(30)28-20-11-4-5-12-25-20)22(23-18(27-14)9-6-10-19(23)29)16-13-26-17-8-3-2-7-15(16)17/h2-5,7-8,11-13,22,26-27H,6,9-10H2,1H3,(H,25,28,30). The average Bonchev–Trinajstić information content (AvgIpc) is 3.17. The second-order valence-corrected chi connectivity index (χ2v) is 7.72. The zero-order valence-corrected chi connectivity index (χ0v) is 16.7. The fourth-order valence-corrected chi connectivity index (χ4v) is 4.55. The number of aromatic nitrogens is 2. The maximum atomic E-state index is 13.4. The monoisotopic (exact) mass is 398 g/mol. The predicted octanol–water partition coefficient (Wildman–Crippen LogP) is 4.17. The molecule has 5 rings (SSSR count). The van der Waals surface area contributed by atoms with Gasteiger partial charge in [-0.3, -0.25) is 9.59 Å². The smallest absolute Gasteiger partial charge is 0.255 e. The van der Waals surface area contributed by atoms with Crippen LogP contribution in [0.15, 0.2) is 77.4 Å². The number of nitrogens with zero attached hydrogens (tertiary/aromatic N) is 1. The number of H-pyrrole nitrogens is 1. The van der Waals surface area contributed by atoms with Crippen molar-refractivity contribution in [2.75, 3.05) is 5.32 Å². The Morgan fingerprint density at radius 3 is 2.80 bits per heavy atom. The first-order valence-electron chi connectivity index (χ1n) is 10.2. The van der Waals surface area contributed by atoms with Gasteiger partial charge in [-0.15, -0.1) is 0 Å². The van der Waals surface area contributed by atoms with E-state index in [-0.39, 0.29) is 11.7 Å². The number of para-hydroxylation sites is 1. The average molecular weight is 398 g/mol. The molecule has 0 spiro atoms. The molecule has 2 aromatic heterocycles. The van der Waals surface area contributed by atoms with Crippen LogP contribution in [0, 0.1) is 0 Å². The van der Waals surface area contributed by atoms with Crippen molar-refractivity contribution in [3.05, 3.63) is 83.0 Å². The zero-order valence-electron chi connectivity index (χ0n) is 16.7. The molecule has 0 fully saturated rings. The van der Waals surface area contributed by atoms with Gasteiger partial charge in [0.25, 0.3) is 5.91 Å². The lowest BCUT2D eigenvalue weighted by molar-refractivity contribution is -0.116. The molecule has 6 nitrogen and oxygen atoms in total. The second kappa shape index (κ2) is 7.30. The lowest BCUT2D eigenvalue weighted by Crippen LogP contribution is -2.35. The van der Waals surface area contributed by atoms with Crippen LogP contribution in [0.3, 0.4) is 0 Å². The Labute approximate surface area is 174 Å². The number of fused-ring (bicyclic) bond motifs is 1. The number of rotatable bonds is 3. The highest BCUT2D eigenvalue weighted by Gasteiger charge is 2.39. The van der Waals surface area contributed by atoms with E-state index in [0.717, 1.165) is 40.7 Å². The first-order valence-corrected chi connectivity index (χ1v) is 10.2. The highest BCUT2D eigenvalue weighted by molar-refractivity contribution is 6.10. The number of Topliss-reactive ketones (excluding diaryl/α,β-unsaturated/α-hetero) is 1. The van der Waals surface area contributed by atoms with Crippen LogP contribution in [0.1, 0.15) is 37.7 Å². The summed E-state index contributed by atoms with van der Waals surface area (Å²) in [4.78, 5) is 33.9. The number of pyridine rings is 1. The van der Waals surface area contributed by atoms with Gasteiger partial charge in [0.2, 0.25) is 0 Å². The topological polar surface area (TPSA) is 86.9 Å². The second-order valence-electron chi connectivity index (χ2n) is 7.72. The Bertz CT molecular complexity index is 1220. The molecule has 0 saturated heterocycles. The van der Waals surface area contributed by atoms with Gasteiger partial charge in [-0.2, -0.15) is 0 Å². The molecule has 1 aliphatic carbocycles. The summed E-state index contributed by atoms with van der Waals surface area (Å²) < 4.78 is 0. The van der Waals surface area contributed by atoms with E-state index >= 15 is 0 Å². The number of ketones is 1. The van der Waals surface area contributed by atoms with Gasteiger partial charge in [-0.05, 0) is 43.5 Å². The molecular weight excluding hydrogens is 376 g/mol. The van der Waals surface area contributed by atoms with Crippen molar-refractivity contribution in [3.8, 4) is 0 Å². The van der Waals surface area contributed by atoms with E-state index in [0.29, 0.717) is 23.4 Å². The number of carbonyl (C=O) groups excluding carboxylic acids is 2. The van der Waals surface area contributed by atoms with Gasteiger partial charge >= 0.3 is 0 Å². The van der Waals surface area contributed by atoms with Crippen molar-refractivity contribution >= 4 is 28.4 Å². The first kappa shape index (κ1) is 18.4. The summed E-state index contributed by atoms with van der Waals surface area (Å²) in [6, 6.07) is 13.4. The van der Waals surface area contributed by atoms with E-state index in [2.05, 4.69) is 20.6 Å². The van der Waals surface area contributed by atoms with Crippen LogP contribution in [0.5, 0.6) is 0 Å². The number of hydrogen-bond acceptors (Lipinski definition) is 4. The van der Waals surface area contributed by atoms with E-state index in [1.54, 1.807) is 18.3 Å². The van der Waals surface area contributed by atoms with Crippen molar-refractivity contribution in [2.45, 2.75) is 32.1 Å². The Balaban J connectivity index is 1.66. The van der Waals surface area contributed by atoms with Crippen molar-refractivity contribution in [2.24, 2.45) is 0 Å². The fourth-order valence-electron chi connectivity index (χ4n) is 4.55. The number of allylic oxidation sites excluding steroid dienone is 3. The molecule has 0 saturated carbocycles. The highest BCUT2D eigenvalue weighted by Crippen LogP contribution is 2.44. The maximum Gasteiger partial charge on any atom is 0.255 e. The lowest BCUT2D eigenvalue weighted by atomic mass is 9.75. The van der Waals surface area contributed by atoms with Crippen LogP contribution in [0.2, 0.25) is 0 Å². The minimum Gasteiger partial charge on any atom is -0.362 e.